The average molecular weight is 429 g/mol. The van der Waals surface area contributed by atoms with Crippen LogP contribution in [0.1, 0.15) is 50.8 Å². The second-order valence-electron chi connectivity index (χ2n) is 7.82. The van der Waals surface area contributed by atoms with Crippen molar-refractivity contribution in [1.29, 1.82) is 5.26 Å². The zero-order chi connectivity index (χ0) is 21.3. The summed E-state index contributed by atoms with van der Waals surface area (Å²) in [7, 11) is 0. The van der Waals surface area contributed by atoms with Crippen molar-refractivity contribution in [2.75, 3.05) is 11.4 Å². The predicted octanol–water partition coefficient (Wildman–Crippen LogP) is 7.61. The van der Waals surface area contributed by atoms with Gasteiger partial charge >= 0.3 is 0 Å². The van der Waals surface area contributed by atoms with Gasteiger partial charge in [0, 0.05) is 33.9 Å². The van der Waals surface area contributed by atoms with E-state index in [4.69, 9.17) is 23.2 Å². The molecule has 0 aromatic heterocycles. The lowest BCUT2D eigenvalue weighted by molar-refractivity contribution is 0.546. The molecule has 2 aromatic carbocycles. The van der Waals surface area contributed by atoms with Crippen LogP contribution in [0.2, 0.25) is 10.0 Å². The molecule has 0 unspecified atom stereocenters. The molecule has 0 saturated carbocycles. The molecule has 0 fully saturated rings. The summed E-state index contributed by atoms with van der Waals surface area (Å²) in [6, 6.07) is 10.4. The van der Waals surface area contributed by atoms with Crippen molar-refractivity contribution in [1.82, 2.24) is 0 Å². The highest BCUT2D eigenvalue weighted by Crippen LogP contribution is 2.41. The maximum absolute atomic E-state index is 15.1. The highest BCUT2D eigenvalue weighted by Gasteiger charge is 2.31. The smallest absolute Gasteiger partial charge is 0.132 e. The van der Waals surface area contributed by atoms with Crippen molar-refractivity contribution < 1.29 is 4.39 Å². The SMILES string of the molecule is CCCN1c2cc(F)c(/C=C(\C#N)c3ccc(Cl)cc3Cl)cc2C(C)=CC1(C)C. The van der Waals surface area contributed by atoms with Crippen molar-refractivity contribution in [3.8, 4) is 6.07 Å². The predicted molar refractivity (Wildman–Crippen MR) is 122 cm³/mol. The summed E-state index contributed by atoms with van der Waals surface area (Å²) in [5.41, 5.74) is 3.93. The van der Waals surface area contributed by atoms with Crippen molar-refractivity contribution >= 4 is 46.1 Å². The van der Waals surface area contributed by atoms with E-state index in [0.717, 1.165) is 29.8 Å². The maximum Gasteiger partial charge on any atom is 0.132 e. The van der Waals surface area contributed by atoms with E-state index >= 15 is 4.39 Å². The Morgan fingerprint density at radius 3 is 2.59 bits per heavy atom. The van der Waals surface area contributed by atoms with Gasteiger partial charge < -0.3 is 4.90 Å². The topological polar surface area (TPSA) is 27.0 Å². The van der Waals surface area contributed by atoms with Gasteiger partial charge in [0.1, 0.15) is 5.82 Å². The number of nitriles is 1. The summed E-state index contributed by atoms with van der Waals surface area (Å²) < 4.78 is 15.1. The van der Waals surface area contributed by atoms with E-state index in [1.165, 1.54) is 0 Å². The molecular formula is C24H23Cl2FN2. The molecular weight excluding hydrogens is 406 g/mol. The number of anilines is 1. The lowest BCUT2D eigenvalue weighted by Crippen LogP contribution is -2.45. The number of nitrogens with zero attached hydrogens (tertiary/aromatic N) is 2. The molecule has 0 amide bonds. The fourth-order valence-electron chi connectivity index (χ4n) is 3.89. The van der Waals surface area contributed by atoms with Crippen LogP contribution in [0.5, 0.6) is 0 Å². The Kier molecular flexibility index (Phi) is 6.08. The summed E-state index contributed by atoms with van der Waals surface area (Å²) in [5, 5.41) is 10.5. The second-order valence-corrected chi connectivity index (χ2v) is 8.66. The third-order valence-electron chi connectivity index (χ3n) is 5.18. The van der Waals surface area contributed by atoms with Gasteiger partial charge in [-0.25, -0.2) is 4.39 Å². The van der Waals surface area contributed by atoms with Crippen LogP contribution in [0.25, 0.3) is 17.2 Å². The molecule has 0 bridgehead atoms. The van der Waals surface area contributed by atoms with Gasteiger partial charge in [-0.2, -0.15) is 5.26 Å². The van der Waals surface area contributed by atoms with Crippen LogP contribution < -0.4 is 4.90 Å². The molecule has 2 aromatic rings. The molecule has 29 heavy (non-hydrogen) atoms. The van der Waals surface area contributed by atoms with Crippen LogP contribution in [0, 0.1) is 17.1 Å². The lowest BCUT2D eigenvalue weighted by Gasteiger charge is -2.43. The molecule has 0 atom stereocenters. The third-order valence-corrected chi connectivity index (χ3v) is 5.73. The fraction of sp³-hybridized carbons (Fsp3) is 0.292. The van der Waals surface area contributed by atoms with Gasteiger partial charge in [-0.15, -0.1) is 0 Å². The number of hydrogen-bond donors (Lipinski definition) is 0. The molecule has 150 valence electrons. The number of halogens is 3. The van der Waals surface area contributed by atoms with Gasteiger partial charge in [0.25, 0.3) is 0 Å². The molecule has 0 radical (unpaired) electrons. The minimum atomic E-state index is -0.367. The first-order chi connectivity index (χ1) is 13.7. The number of rotatable bonds is 4. The van der Waals surface area contributed by atoms with Gasteiger partial charge in [-0.05, 0) is 63.1 Å². The van der Waals surface area contributed by atoms with Gasteiger partial charge in [0.05, 0.1) is 22.2 Å². The van der Waals surface area contributed by atoms with E-state index < -0.39 is 0 Å². The van der Waals surface area contributed by atoms with Crippen LogP contribution >= 0.6 is 23.2 Å². The summed E-state index contributed by atoms with van der Waals surface area (Å²) in [6.45, 7) is 9.26. The van der Waals surface area contributed by atoms with Crippen LogP contribution in [-0.4, -0.2) is 12.1 Å². The van der Waals surface area contributed by atoms with E-state index in [2.05, 4.69) is 37.8 Å². The average Bonchev–Trinajstić information content (AvgIpc) is 2.64. The number of allylic oxidation sites excluding steroid dienone is 2. The van der Waals surface area contributed by atoms with E-state index in [1.807, 2.05) is 13.0 Å². The molecule has 3 rings (SSSR count). The Bertz CT molecular complexity index is 1060. The number of fused-ring (bicyclic) bond motifs is 1. The van der Waals surface area contributed by atoms with Crippen LogP contribution in [-0.2, 0) is 0 Å². The summed E-state index contributed by atoms with van der Waals surface area (Å²) >= 11 is 12.2. The van der Waals surface area contributed by atoms with E-state index in [1.54, 1.807) is 30.3 Å². The highest BCUT2D eigenvalue weighted by molar-refractivity contribution is 6.36. The standard InChI is InChI=1S/C24H23Cl2FN2/c1-5-8-29-23-12-22(27)16(10-20(23)15(2)13-24(29,3)4)9-17(14-28)19-7-6-18(25)11-21(19)26/h6-7,9-13H,5,8H2,1-4H3/b17-9+. The summed E-state index contributed by atoms with van der Waals surface area (Å²) in [6.07, 6.45) is 4.71. The Labute approximate surface area is 181 Å². The number of hydrogen-bond acceptors (Lipinski definition) is 2. The maximum atomic E-state index is 15.1. The van der Waals surface area contributed by atoms with Crippen molar-refractivity contribution in [2.24, 2.45) is 0 Å². The highest BCUT2D eigenvalue weighted by atomic mass is 35.5. The normalized spacial score (nSPS) is 15.6. The van der Waals surface area contributed by atoms with Crippen molar-refractivity contribution in [2.45, 2.75) is 39.7 Å². The van der Waals surface area contributed by atoms with Crippen molar-refractivity contribution in [3.05, 3.63) is 69.0 Å². The minimum absolute atomic E-state index is 0.189. The first-order valence-electron chi connectivity index (χ1n) is 9.56. The lowest BCUT2D eigenvalue weighted by atomic mass is 9.87. The van der Waals surface area contributed by atoms with Gasteiger partial charge in [0.15, 0.2) is 0 Å². The molecule has 2 nitrogen and oxygen atoms in total. The molecule has 0 aliphatic carbocycles. The largest absolute Gasteiger partial charge is 0.362 e. The molecule has 5 heteroatoms. The zero-order valence-electron chi connectivity index (χ0n) is 17.0. The molecule has 1 aliphatic rings. The second kappa shape index (κ2) is 8.22. The Morgan fingerprint density at radius 2 is 1.97 bits per heavy atom. The monoisotopic (exact) mass is 428 g/mol. The van der Waals surface area contributed by atoms with Crippen LogP contribution in [0.15, 0.2) is 36.4 Å². The fourth-order valence-corrected chi connectivity index (χ4v) is 4.40. The van der Waals surface area contributed by atoms with Gasteiger partial charge in [0.2, 0.25) is 0 Å². The first kappa shape index (κ1) is 21.4. The molecule has 0 N–H and O–H groups in total. The Balaban J connectivity index is 2.14. The minimum Gasteiger partial charge on any atom is -0.362 e. The van der Waals surface area contributed by atoms with E-state index in [-0.39, 0.29) is 16.9 Å². The first-order valence-corrected chi connectivity index (χ1v) is 10.3. The quantitative estimate of drug-likeness (QED) is 0.369. The Morgan fingerprint density at radius 1 is 1.24 bits per heavy atom. The van der Waals surface area contributed by atoms with Crippen LogP contribution in [0.4, 0.5) is 10.1 Å². The van der Waals surface area contributed by atoms with E-state index in [0.29, 0.717) is 21.2 Å². The van der Waals surface area contributed by atoms with Crippen LogP contribution in [0.3, 0.4) is 0 Å². The van der Waals surface area contributed by atoms with E-state index in [9.17, 15) is 5.26 Å². The zero-order valence-corrected chi connectivity index (χ0v) is 18.5. The third kappa shape index (κ3) is 4.20. The number of benzene rings is 2. The Hall–Kier alpha value is -2.28. The molecule has 0 spiro atoms. The van der Waals surface area contributed by atoms with Crippen molar-refractivity contribution in [3.63, 3.8) is 0 Å². The summed E-state index contributed by atoms with van der Waals surface area (Å²) in [4.78, 5) is 2.23. The van der Waals surface area contributed by atoms with Gasteiger partial charge in [-0.3, -0.25) is 0 Å². The molecule has 1 aliphatic heterocycles. The molecule has 0 saturated heterocycles. The summed E-state index contributed by atoms with van der Waals surface area (Å²) in [5.74, 6) is -0.367. The molecule has 1 heterocycles. The van der Waals surface area contributed by atoms with Gasteiger partial charge in [-0.1, -0.05) is 42.3 Å².